The average molecular weight is 482 g/mol. The Morgan fingerprint density at radius 3 is 2.34 bits per heavy atom. The summed E-state index contributed by atoms with van der Waals surface area (Å²) >= 11 is 0. The summed E-state index contributed by atoms with van der Waals surface area (Å²) in [6, 6.07) is 10.7. The Kier molecular flexibility index (Phi) is 8.13. The van der Waals surface area contributed by atoms with E-state index in [4.69, 9.17) is 14.2 Å². The summed E-state index contributed by atoms with van der Waals surface area (Å²) in [7, 11) is 4.66. The number of nitrogens with one attached hydrogen (secondary N) is 1. The number of rotatable bonds is 11. The molecule has 35 heavy (non-hydrogen) atoms. The van der Waals surface area contributed by atoms with Gasteiger partial charge in [-0.1, -0.05) is 18.2 Å². The highest BCUT2D eigenvalue weighted by Gasteiger charge is 2.35. The molecule has 0 saturated carbocycles. The molecule has 2 aromatic carbocycles. The summed E-state index contributed by atoms with van der Waals surface area (Å²) in [6.07, 6.45) is 3.57. The molecule has 1 saturated heterocycles. The molecule has 8 nitrogen and oxygen atoms in total. The Labute approximate surface area is 207 Å². The van der Waals surface area contributed by atoms with Crippen molar-refractivity contribution in [3.05, 3.63) is 53.1 Å². The van der Waals surface area contributed by atoms with Gasteiger partial charge in [0.25, 0.3) is 5.91 Å². The van der Waals surface area contributed by atoms with Crippen LogP contribution in [0.1, 0.15) is 53.2 Å². The van der Waals surface area contributed by atoms with E-state index >= 15 is 0 Å². The van der Waals surface area contributed by atoms with E-state index in [0.29, 0.717) is 35.9 Å². The van der Waals surface area contributed by atoms with E-state index in [1.807, 2.05) is 36.4 Å². The van der Waals surface area contributed by atoms with Crippen LogP contribution in [0.4, 0.5) is 0 Å². The minimum atomic E-state index is -0.484. The zero-order valence-electron chi connectivity index (χ0n) is 20.8. The molecule has 1 N–H and O–H groups in total. The molecule has 2 aliphatic heterocycles. The Bertz CT molecular complexity index is 1030. The molecule has 0 aromatic heterocycles. The molecule has 2 aromatic rings. The van der Waals surface area contributed by atoms with E-state index in [0.717, 1.165) is 37.2 Å². The number of ether oxygens (including phenoxy) is 3. The van der Waals surface area contributed by atoms with Gasteiger partial charge in [0.1, 0.15) is 0 Å². The predicted octanol–water partition coefficient (Wildman–Crippen LogP) is 3.40. The van der Waals surface area contributed by atoms with Crippen LogP contribution in [0.25, 0.3) is 0 Å². The first-order valence-electron chi connectivity index (χ1n) is 12.2. The summed E-state index contributed by atoms with van der Waals surface area (Å²) in [4.78, 5) is 30.6. The van der Waals surface area contributed by atoms with Crippen LogP contribution in [-0.4, -0.2) is 69.1 Å². The van der Waals surface area contributed by atoms with E-state index < -0.39 is 6.04 Å². The number of carbonyl (C=O) groups excluding carboxylic acids is 2. The van der Waals surface area contributed by atoms with Gasteiger partial charge in [0, 0.05) is 18.7 Å². The number of benzene rings is 2. The quantitative estimate of drug-likeness (QED) is 0.496. The lowest BCUT2D eigenvalue weighted by molar-refractivity contribution is -0.122. The summed E-state index contributed by atoms with van der Waals surface area (Å²) in [6.45, 7) is 4.35. The van der Waals surface area contributed by atoms with Gasteiger partial charge in [-0.2, -0.15) is 0 Å². The second-order valence-corrected chi connectivity index (χ2v) is 9.02. The van der Waals surface area contributed by atoms with E-state index in [9.17, 15) is 9.59 Å². The normalized spacial score (nSPS) is 16.2. The summed E-state index contributed by atoms with van der Waals surface area (Å²) in [5.74, 6) is 1.28. The maximum atomic E-state index is 13.3. The zero-order valence-corrected chi connectivity index (χ0v) is 20.8. The molecule has 0 spiro atoms. The highest BCUT2D eigenvalue weighted by molar-refractivity contribution is 5.98. The molecular formula is C27H35N3O5. The van der Waals surface area contributed by atoms with Crippen molar-refractivity contribution in [2.45, 2.75) is 38.3 Å². The Balaban J connectivity index is 1.55. The number of hydrogen-bond donors (Lipinski definition) is 1. The average Bonchev–Trinajstić information content (AvgIpc) is 3.52. The van der Waals surface area contributed by atoms with Gasteiger partial charge in [-0.05, 0) is 68.2 Å². The SMILES string of the molecule is COc1cc(C(CC(=O)NCCCN2CCCC2)N2Cc3ccccc3C2=O)cc(OC)c1OC. The smallest absolute Gasteiger partial charge is 0.255 e. The first kappa shape index (κ1) is 24.9. The van der Waals surface area contributed by atoms with E-state index in [1.54, 1.807) is 26.2 Å². The third-order valence-corrected chi connectivity index (χ3v) is 6.85. The van der Waals surface area contributed by atoms with Crippen molar-refractivity contribution < 1.29 is 23.8 Å². The molecule has 4 rings (SSSR count). The summed E-state index contributed by atoms with van der Waals surface area (Å²) in [5, 5.41) is 3.06. The topological polar surface area (TPSA) is 80.3 Å². The summed E-state index contributed by atoms with van der Waals surface area (Å²) < 4.78 is 16.5. The molecule has 1 unspecified atom stereocenters. The molecular weight excluding hydrogens is 446 g/mol. The van der Waals surface area contributed by atoms with Crippen molar-refractivity contribution in [1.82, 2.24) is 15.1 Å². The van der Waals surface area contributed by atoms with Gasteiger partial charge in [0.15, 0.2) is 11.5 Å². The lowest BCUT2D eigenvalue weighted by atomic mass is 10.00. The van der Waals surface area contributed by atoms with Crippen LogP contribution < -0.4 is 19.5 Å². The van der Waals surface area contributed by atoms with Crippen LogP contribution in [0.2, 0.25) is 0 Å². The monoisotopic (exact) mass is 481 g/mol. The number of hydrogen-bond acceptors (Lipinski definition) is 6. The van der Waals surface area contributed by atoms with Crippen LogP contribution in [0.15, 0.2) is 36.4 Å². The largest absolute Gasteiger partial charge is 0.493 e. The van der Waals surface area contributed by atoms with E-state index in [1.165, 1.54) is 12.8 Å². The second-order valence-electron chi connectivity index (χ2n) is 9.02. The Hall–Kier alpha value is -3.26. The fourth-order valence-corrected chi connectivity index (χ4v) is 5.01. The fraction of sp³-hybridized carbons (Fsp3) is 0.481. The first-order valence-corrected chi connectivity index (χ1v) is 12.2. The van der Waals surface area contributed by atoms with Gasteiger partial charge < -0.3 is 29.3 Å². The number of carbonyl (C=O) groups is 2. The molecule has 8 heteroatoms. The number of methoxy groups -OCH3 is 3. The van der Waals surface area contributed by atoms with Crippen LogP contribution in [0, 0.1) is 0 Å². The van der Waals surface area contributed by atoms with Crippen LogP contribution in [-0.2, 0) is 11.3 Å². The van der Waals surface area contributed by atoms with Crippen LogP contribution in [0.3, 0.4) is 0 Å². The maximum absolute atomic E-state index is 13.3. The van der Waals surface area contributed by atoms with Crippen molar-refractivity contribution in [1.29, 1.82) is 0 Å². The summed E-state index contributed by atoms with van der Waals surface area (Å²) in [5.41, 5.74) is 2.39. The standard InChI is InChI=1S/C27H35N3O5/c1-33-23-15-20(16-24(34-2)26(23)35-3)22(30-18-19-9-4-5-10-21(19)27(30)32)17-25(31)28-11-8-14-29-12-6-7-13-29/h4-5,9-10,15-16,22H,6-8,11-14,17-18H2,1-3H3,(H,28,31). The highest BCUT2D eigenvalue weighted by atomic mass is 16.5. The van der Waals surface area contributed by atoms with Crippen molar-refractivity contribution in [3.63, 3.8) is 0 Å². The molecule has 0 radical (unpaired) electrons. The number of nitrogens with zero attached hydrogens (tertiary/aromatic N) is 2. The Morgan fingerprint density at radius 2 is 1.71 bits per heavy atom. The van der Waals surface area contributed by atoms with Gasteiger partial charge in [0.2, 0.25) is 11.7 Å². The molecule has 0 aliphatic carbocycles. The second kappa shape index (κ2) is 11.4. The van der Waals surface area contributed by atoms with Crippen LogP contribution in [0.5, 0.6) is 17.2 Å². The minimum absolute atomic E-state index is 0.0822. The molecule has 2 amide bonds. The third-order valence-electron chi connectivity index (χ3n) is 6.85. The van der Waals surface area contributed by atoms with E-state index in [2.05, 4.69) is 10.2 Å². The highest BCUT2D eigenvalue weighted by Crippen LogP contribution is 2.42. The van der Waals surface area contributed by atoms with Crippen molar-refractivity contribution in [2.75, 3.05) is 47.5 Å². The Morgan fingerprint density at radius 1 is 1.03 bits per heavy atom. The van der Waals surface area contributed by atoms with Gasteiger partial charge >= 0.3 is 0 Å². The number of amides is 2. The van der Waals surface area contributed by atoms with Gasteiger partial charge in [0.05, 0.1) is 33.8 Å². The van der Waals surface area contributed by atoms with Crippen molar-refractivity contribution in [3.8, 4) is 17.2 Å². The molecule has 188 valence electrons. The van der Waals surface area contributed by atoms with Gasteiger partial charge in [-0.15, -0.1) is 0 Å². The molecule has 1 fully saturated rings. The maximum Gasteiger partial charge on any atom is 0.255 e. The first-order chi connectivity index (χ1) is 17.0. The van der Waals surface area contributed by atoms with Crippen LogP contribution >= 0.6 is 0 Å². The van der Waals surface area contributed by atoms with Crippen molar-refractivity contribution >= 4 is 11.8 Å². The third kappa shape index (κ3) is 5.53. The molecule has 0 bridgehead atoms. The number of fused-ring (bicyclic) bond motifs is 1. The predicted molar refractivity (Wildman–Crippen MR) is 133 cm³/mol. The molecule has 1 atom stereocenters. The molecule has 2 heterocycles. The van der Waals surface area contributed by atoms with E-state index in [-0.39, 0.29) is 18.2 Å². The lowest BCUT2D eigenvalue weighted by Gasteiger charge is -2.29. The minimum Gasteiger partial charge on any atom is -0.493 e. The fourth-order valence-electron chi connectivity index (χ4n) is 5.01. The van der Waals surface area contributed by atoms with Gasteiger partial charge in [-0.25, -0.2) is 0 Å². The molecule has 2 aliphatic rings. The lowest BCUT2D eigenvalue weighted by Crippen LogP contribution is -2.35. The zero-order chi connectivity index (χ0) is 24.8. The number of likely N-dealkylation sites (tertiary alicyclic amines) is 1. The van der Waals surface area contributed by atoms with Crippen molar-refractivity contribution in [2.24, 2.45) is 0 Å². The van der Waals surface area contributed by atoms with Gasteiger partial charge in [-0.3, -0.25) is 9.59 Å².